The number of aryl methyl sites for hydroxylation is 1. The van der Waals surface area contributed by atoms with E-state index in [0.29, 0.717) is 10.7 Å². The van der Waals surface area contributed by atoms with Crippen LogP contribution in [0.15, 0.2) is 36.4 Å². The quantitative estimate of drug-likeness (QED) is 0.478. The van der Waals surface area contributed by atoms with E-state index in [-0.39, 0.29) is 10.6 Å². The Hall–Kier alpha value is -2.64. The zero-order valence-electron chi connectivity index (χ0n) is 12.9. The highest BCUT2D eigenvalue weighted by Gasteiger charge is 2.22. The van der Waals surface area contributed by atoms with Crippen LogP contribution in [0.1, 0.15) is 15.9 Å². The molecule has 1 amide bonds. The molecule has 0 aliphatic rings. The lowest BCUT2D eigenvalue weighted by atomic mass is 10.2. The Morgan fingerprint density at radius 2 is 1.92 bits per heavy atom. The van der Waals surface area contributed by atoms with Crippen LogP contribution in [0, 0.1) is 17.0 Å². The van der Waals surface area contributed by atoms with Gasteiger partial charge in [-0.3, -0.25) is 14.9 Å². The molecule has 25 heavy (non-hydrogen) atoms. The van der Waals surface area contributed by atoms with Crippen molar-refractivity contribution in [1.29, 1.82) is 0 Å². The van der Waals surface area contributed by atoms with E-state index in [4.69, 9.17) is 27.9 Å². The van der Waals surface area contributed by atoms with Crippen LogP contribution in [-0.2, 0) is 9.53 Å². The number of carbonyl (C=O) groups is 2. The van der Waals surface area contributed by atoms with Gasteiger partial charge in [-0.25, -0.2) is 4.79 Å². The normalized spacial score (nSPS) is 10.2. The summed E-state index contributed by atoms with van der Waals surface area (Å²) < 4.78 is 4.81. The number of esters is 1. The molecule has 2 aromatic carbocycles. The molecule has 0 atom stereocenters. The summed E-state index contributed by atoms with van der Waals surface area (Å²) in [6.07, 6.45) is 0. The zero-order chi connectivity index (χ0) is 18.6. The van der Waals surface area contributed by atoms with Crippen LogP contribution >= 0.6 is 23.2 Å². The van der Waals surface area contributed by atoms with Gasteiger partial charge in [-0.05, 0) is 36.8 Å². The SMILES string of the molecule is Cc1ccc(NC(=O)COC(=O)c2cc(Cl)ccc2[N+](=O)[O-])c(Cl)c1. The molecular weight excluding hydrogens is 371 g/mol. The Kier molecular flexibility index (Phi) is 5.95. The van der Waals surface area contributed by atoms with Crippen LogP contribution in [0.2, 0.25) is 10.0 Å². The zero-order valence-corrected chi connectivity index (χ0v) is 14.4. The van der Waals surface area contributed by atoms with Crippen molar-refractivity contribution >= 4 is 46.5 Å². The second-order valence-electron chi connectivity index (χ2n) is 5.03. The molecule has 0 bridgehead atoms. The molecule has 0 heterocycles. The molecule has 0 aromatic heterocycles. The predicted octanol–water partition coefficient (Wildman–Crippen LogP) is 4.01. The van der Waals surface area contributed by atoms with Gasteiger partial charge < -0.3 is 10.1 Å². The summed E-state index contributed by atoms with van der Waals surface area (Å²) in [4.78, 5) is 34.1. The van der Waals surface area contributed by atoms with Crippen molar-refractivity contribution in [3.05, 3.63) is 67.7 Å². The van der Waals surface area contributed by atoms with Crippen molar-refractivity contribution in [3.63, 3.8) is 0 Å². The number of hydrogen-bond acceptors (Lipinski definition) is 5. The molecule has 0 unspecified atom stereocenters. The average Bonchev–Trinajstić information content (AvgIpc) is 2.54. The standard InChI is InChI=1S/C16H12Cl2N2O5/c1-9-2-4-13(12(18)6-9)19-15(21)8-25-16(22)11-7-10(17)3-5-14(11)20(23)24/h2-7H,8H2,1H3,(H,19,21). The lowest BCUT2D eigenvalue weighted by Crippen LogP contribution is -2.21. The van der Waals surface area contributed by atoms with Crippen LogP contribution in [0.25, 0.3) is 0 Å². The number of nitro benzene ring substituents is 1. The van der Waals surface area contributed by atoms with Gasteiger partial charge in [-0.1, -0.05) is 29.3 Å². The maximum Gasteiger partial charge on any atom is 0.345 e. The molecule has 7 nitrogen and oxygen atoms in total. The molecule has 0 spiro atoms. The first-order valence-electron chi connectivity index (χ1n) is 6.95. The van der Waals surface area contributed by atoms with Gasteiger partial charge in [-0.15, -0.1) is 0 Å². The molecule has 1 N–H and O–H groups in total. The summed E-state index contributed by atoms with van der Waals surface area (Å²) in [5, 5.41) is 13.9. The Bertz CT molecular complexity index is 854. The number of rotatable bonds is 5. The van der Waals surface area contributed by atoms with E-state index in [0.717, 1.165) is 17.7 Å². The van der Waals surface area contributed by atoms with E-state index in [1.54, 1.807) is 18.2 Å². The second kappa shape index (κ2) is 7.96. The van der Waals surface area contributed by atoms with Crippen molar-refractivity contribution in [2.45, 2.75) is 6.92 Å². The number of hydrogen-bond donors (Lipinski definition) is 1. The van der Waals surface area contributed by atoms with Crippen molar-refractivity contribution < 1.29 is 19.2 Å². The molecule has 0 radical (unpaired) electrons. The third kappa shape index (κ3) is 4.91. The number of halogens is 2. The highest BCUT2D eigenvalue weighted by atomic mass is 35.5. The number of amides is 1. The minimum atomic E-state index is -1.03. The number of nitrogens with zero attached hydrogens (tertiary/aromatic N) is 1. The summed E-state index contributed by atoms with van der Waals surface area (Å²) in [6, 6.07) is 8.50. The molecule has 0 aliphatic heterocycles. The highest BCUT2D eigenvalue weighted by Crippen LogP contribution is 2.24. The van der Waals surface area contributed by atoms with Gasteiger partial charge >= 0.3 is 5.97 Å². The first kappa shape index (κ1) is 18.7. The lowest BCUT2D eigenvalue weighted by molar-refractivity contribution is -0.385. The predicted molar refractivity (Wildman–Crippen MR) is 93.2 cm³/mol. The number of nitro groups is 1. The largest absolute Gasteiger partial charge is 0.452 e. The van der Waals surface area contributed by atoms with E-state index >= 15 is 0 Å². The molecular formula is C16H12Cl2N2O5. The summed E-state index contributed by atoms with van der Waals surface area (Å²) in [5.41, 5.74) is 0.486. The van der Waals surface area contributed by atoms with Crippen molar-refractivity contribution in [2.75, 3.05) is 11.9 Å². The van der Waals surface area contributed by atoms with Gasteiger partial charge in [0.1, 0.15) is 5.56 Å². The third-order valence-corrected chi connectivity index (χ3v) is 3.66. The van der Waals surface area contributed by atoms with E-state index in [1.807, 2.05) is 6.92 Å². The fourth-order valence-corrected chi connectivity index (χ4v) is 2.40. The number of anilines is 1. The topological polar surface area (TPSA) is 98.5 Å². The van der Waals surface area contributed by atoms with E-state index in [1.165, 1.54) is 6.07 Å². The Morgan fingerprint density at radius 1 is 1.20 bits per heavy atom. The maximum absolute atomic E-state index is 12.0. The molecule has 0 saturated carbocycles. The number of ether oxygens (including phenoxy) is 1. The summed E-state index contributed by atoms with van der Waals surface area (Å²) in [7, 11) is 0. The van der Waals surface area contributed by atoms with E-state index in [2.05, 4.69) is 5.32 Å². The van der Waals surface area contributed by atoms with Crippen LogP contribution in [0.4, 0.5) is 11.4 Å². The molecule has 2 aromatic rings. The molecule has 130 valence electrons. The Labute approximate surface area is 152 Å². The van der Waals surface area contributed by atoms with E-state index in [9.17, 15) is 19.7 Å². The molecule has 2 rings (SSSR count). The lowest BCUT2D eigenvalue weighted by Gasteiger charge is -2.09. The maximum atomic E-state index is 12.0. The van der Waals surface area contributed by atoms with Crippen LogP contribution in [0.3, 0.4) is 0 Å². The molecule has 0 aliphatic carbocycles. The Morgan fingerprint density at radius 3 is 2.56 bits per heavy atom. The number of nitrogens with one attached hydrogen (secondary N) is 1. The summed E-state index contributed by atoms with van der Waals surface area (Å²) >= 11 is 11.7. The fourth-order valence-electron chi connectivity index (χ4n) is 1.95. The average molecular weight is 383 g/mol. The van der Waals surface area contributed by atoms with Gasteiger partial charge in [0.2, 0.25) is 0 Å². The second-order valence-corrected chi connectivity index (χ2v) is 5.87. The van der Waals surface area contributed by atoms with Gasteiger partial charge in [0.15, 0.2) is 6.61 Å². The van der Waals surface area contributed by atoms with Crippen molar-refractivity contribution in [1.82, 2.24) is 0 Å². The van der Waals surface area contributed by atoms with Gasteiger partial charge in [0, 0.05) is 11.1 Å². The van der Waals surface area contributed by atoms with Gasteiger partial charge in [0.25, 0.3) is 11.6 Å². The van der Waals surface area contributed by atoms with Crippen LogP contribution in [-0.4, -0.2) is 23.4 Å². The van der Waals surface area contributed by atoms with Crippen molar-refractivity contribution in [2.24, 2.45) is 0 Å². The van der Waals surface area contributed by atoms with Crippen LogP contribution in [0.5, 0.6) is 0 Å². The summed E-state index contributed by atoms with van der Waals surface area (Å²) in [6.45, 7) is 1.21. The minimum absolute atomic E-state index is 0.133. The number of benzene rings is 2. The fraction of sp³-hybridized carbons (Fsp3) is 0.125. The molecule has 0 fully saturated rings. The smallest absolute Gasteiger partial charge is 0.345 e. The van der Waals surface area contributed by atoms with Gasteiger partial charge in [0.05, 0.1) is 15.6 Å². The number of carbonyl (C=O) groups excluding carboxylic acids is 2. The first-order chi connectivity index (χ1) is 11.8. The third-order valence-electron chi connectivity index (χ3n) is 3.11. The van der Waals surface area contributed by atoms with Gasteiger partial charge in [-0.2, -0.15) is 0 Å². The Balaban J connectivity index is 2.03. The monoisotopic (exact) mass is 382 g/mol. The molecule has 0 saturated heterocycles. The van der Waals surface area contributed by atoms with Crippen molar-refractivity contribution in [3.8, 4) is 0 Å². The minimum Gasteiger partial charge on any atom is -0.452 e. The van der Waals surface area contributed by atoms with Crippen LogP contribution < -0.4 is 5.32 Å². The van der Waals surface area contributed by atoms with E-state index < -0.39 is 29.1 Å². The summed E-state index contributed by atoms with van der Waals surface area (Å²) in [5.74, 6) is -1.66. The molecule has 9 heteroatoms. The highest BCUT2D eigenvalue weighted by molar-refractivity contribution is 6.33. The first-order valence-corrected chi connectivity index (χ1v) is 7.70.